The molecule has 0 aromatic heterocycles. The van der Waals surface area contributed by atoms with Crippen LogP contribution in [-0.2, 0) is 16.2 Å². The first-order chi connectivity index (χ1) is 9.72. The van der Waals surface area contributed by atoms with Crippen molar-refractivity contribution in [3.63, 3.8) is 0 Å². The van der Waals surface area contributed by atoms with Gasteiger partial charge in [0.2, 0.25) is 10.0 Å². The summed E-state index contributed by atoms with van der Waals surface area (Å²) in [4.78, 5) is -0.912. The van der Waals surface area contributed by atoms with Crippen LogP contribution in [0.1, 0.15) is 18.4 Å². The van der Waals surface area contributed by atoms with Gasteiger partial charge in [0, 0.05) is 12.6 Å². The minimum atomic E-state index is -4.79. The van der Waals surface area contributed by atoms with E-state index in [-0.39, 0.29) is 0 Å². The van der Waals surface area contributed by atoms with Gasteiger partial charge in [-0.25, -0.2) is 13.1 Å². The molecule has 2 N–H and O–H groups in total. The van der Waals surface area contributed by atoms with Gasteiger partial charge in [0.15, 0.2) is 0 Å². The second-order valence-electron chi connectivity index (χ2n) is 4.78. The summed E-state index contributed by atoms with van der Waals surface area (Å²) in [6.07, 6.45) is -3.47. The fourth-order valence-electron chi connectivity index (χ4n) is 2.24. The predicted molar refractivity (Wildman–Crippen MR) is 72.7 cm³/mol. The van der Waals surface area contributed by atoms with Gasteiger partial charge >= 0.3 is 6.18 Å². The Bertz CT molecular complexity index is 613. The van der Waals surface area contributed by atoms with Gasteiger partial charge in [-0.05, 0) is 31.5 Å². The van der Waals surface area contributed by atoms with E-state index in [4.69, 9.17) is 11.6 Å². The van der Waals surface area contributed by atoms with Crippen LogP contribution in [0.2, 0.25) is 5.02 Å². The van der Waals surface area contributed by atoms with Gasteiger partial charge in [0.25, 0.3) is 0 Å². The van der Waals surface area contributed by atoms with Gasteiger partial charge in [0.1, 0.15) is 4.90 Å². The van der Waals surface area contributed by atoms with E-state index in [1.165, 1.54) is 0 Å². The monoisotopic (exact) mass is 342 g/mol. The van der Waals surface area contributed by atoms with Crippen LogP contribution in [0.3, 0.4) is 0 Å². The number of sulfonamides is 1. The molecule has 118 valence electrons. The third-order valence-corrected chi connectivity index (χ3v) is 5.21. The molecular formula is C12H14ClF3N2O2S. The molecule has 0 saturated carbocycles. The molecule has 1 atom stereocenters. The topological polar surface area (TPSA) is 58.2 Å². The first kappa shape index (κ1) is 16.5. The minimum Gasteiger partial charge on any atom is -0.315 e. The molecule has 0 bridgehead atoms. The number of hydrogen-bond acceptors (Lipinski definition) is 3. The van der Waals surface area contributed by atoms with Crippen molar-refractivity contribution in [1.29, 1.82) is 0 Å². The Labute approximate surface area is 125 Å². The molecule has 0 aliphatic carbocycles. The summed E-state index contributed by atoms with van der Waals surface area (Å²) in [5.74, 6) is 0. The van der Waals surface area contributed by atoms with Crippen LogP contribution in [0.5, 0.6) is 0 Å². The van der Waals surface area contributed by atoms with Crippen LogP contribution in [0, 0.1) is 0 Å². The third-order valence-electron chi connectivity index (χ3n) is 3.16. The van der Waals surface area contributed by atoms with E-state index in [0.717, 1.165) is 25.1 Å². The molecule has 0 unspecified atom stereocenters. The Morgan fingerprint density at radius 2 is 2.05 bits per heavy atom. The molecule has 1 aliphatic heterocycles. The molecule has 1 fully saturated rings. The van der Waals surface area contributed by atoms with Gasteiger partial charge < -0.3 is 5.32 Å². The SMILES string of the molecule is O=S(=O)(N[C@@H]1CCCNC1)c1c(Cl)cccc1C(F)(F)F. The quantitative estimate of drug-likeness (QED) is 0.886. The Morgan fingerprint density at radius 3 is 2.62 bits per heavy atom. The molecule has 0 spiro atoms. The first-order valence-electron chi connectivity index (χ1n) is 6.30. The maximum absolute atomic E-state index is 13.0. The van der Waals surface area contributed by atoms with Crippen LogP contribution in [0.4, 0.5) is 13.2 Å². The number of alkyl halides is 3. The average Bonchev–Trinajstić information content (AvgIpc) is 2.37. The summed E-state index contributed by atoms with van der Waals surface area (Å²) >= 11 is 5.70. The Hall–Kier alpha value is -0.830. The van der Waals surface area contributed by atoms with Gasteiger partial charge in [-0.2, -0.15) is 13.2 Å². The standard InChI is InChI=1S/C12H14ClF3N2O2S/c13-10-5-1-4-9(12(14,15)16)11(10)21(19,20)18-8-3-2-6-17-7-8/h1,4-5,8,17-18H,2-3,6-7H2/t8-/m1/s1. The van der Waals surface area contributed by atoms with Crippen LogP contribution in [-0.4, -0.2) is 27.5 Å². The lowest BCUT2D eigenvalue weighted by Crippen LogP contribution is -2.45. The van der Waals surface area contributed by atoms with Crippen molar-refractivity contribution in [3.05, 3.63) is 28.8 Å². The van der Waals surface area contributed by atoms with Gasteiger partial charge in [-0.1, -0.05) is 17.7 Å². The van der Waals surface area contributed by atoms with E-state index in [0.29, 0.717) is 19.0 Å². The average molecular weight is 343 g/mol. The highest BCUT2D eigenvalue weighted by Gasteiger charge is 2.39. The summed E-state index contributed by atoms with van der Waals surface area (Å²) in [6, 6.07) is 2.47. The van der Waals surface area contributed by atoms with Crippen LogP contribution >= 0.6 is 11.6 Å². The molecule has 21 heavy (non-hydrogen) atoms. The molecule has 4 nitrogen and oxygen atoms in total. The van der Waals surface area contributed by atoms with Crippen molar-refractivity contribution in [2.45, 2.75) is 30.0 Å². The largest absolute Gasteiger partial charge is 0.417 e. The van der Waals surface area contributed by atoms with Crippen molar-refractivity contribution in [1.82, 2.24) is 10.0 Å². The predicted octanol–water partition coefficient (Wildman–Crippen LogP) is 2.39. The Kier molecular flexibility index (Phi) is 4.82. The van der Waals surface area contributed by atoms with Crippen LogP contribution in [0.15, 0.2) is 23.1 Å². The molecular weight excluding hydrogens is 329 g/mol. The van der Waals surface area contributed by atoms with Crippen molar-refractivity contribution >= 4 is 21.6 Å². The maximum Gasteiger partial charge on any atom is 0.417 e. The number of hydrogen-bond donors (Lipinski definition) is 2. The summed E-state index contributed by atoms with van der Waals surface area (Å²) in [5.41, 5.74) is -1.26. The number of benzene rings is 1. The molecule has 1 heterocycles. The second-order valence-corrected chi connectivity index (χ2v) is 6.84. The molecule has 9 heteroatoms. The van der Waals surface area contributed by atoms with E-state index in [1.807, 2.05) is 0 Å². The minimum absolute atomic E-state index is 0.380. The van der Waals surface area contributed by atoms with E-state index in [2.05, 4.69) is 10.0 Å². The highest BCUT2D eigenvalue weighted by Crippen LogP contribution is 2.37. The van der Waals surface area contributed by atoms with Crippen molar-refractivity contribution in [3.8, 4) is 0 Å². The van der Waals surface area contributed by atoms with E-state index in [1.54, 1.807) is 0 Å². The van der Waals surface area contributed by atoms with Crippen molar-refractivity contribution < 1.29 is 21.6 Å². The molecule has 1 aromatic rings. The first-order valence-corrected chi connectivity index (χ1v) is 8.16. The normalized spacial score (nSPS) is 20.5. The highest BCUT2D eigenvalue weighted by atomic mass is 35.5. The highest BCUT2D eigenvalue weighted by molar-refractivity contribution is 7.89. The zero-order valence-corrected chi connectivity index (χ0v) is 12.4. The third kappa shape index (κ3) is 3.88. The fourth-order valence-corrected chi connectivity index (χ4v) is 4.27. The Balaban J connectivity index is 2.39. The van der Waals surface area contributed by atoms with Gasteiger partial charge in [-0.15, -0.1) is 0 Å². The number of piperidine rings is 1. The zero-order valence-electron chi connectivity index (χ0n) is 10.9. The Morgan fingerprint density at radius 1 is 1.33 bits per heavy atom. The second kappa shape index (κ2) is 6.12. The lowest BCUT2D eigenvalue weighted by Gasteiger charge is -2.24. The van der Waals surface area contributed by atoms with E-state index >= 15 is 0 Å². The smallest absolute Gasteiger partial charge is 0.315 e. The number of nitrogens with one attached hydrogen (secondary N) is 2. The maximum atomic E-state index is 13.0. The summed E-state index contributed by atoms with van der Waals surface area (Å²) < 4.78 is 65.7. The van der Waals surface area contributed by atoms with E-state index in [9.17, 15) is 21.6 Å². The van der Waals surface area contributed by atoms with Crippen LogP contribution in [0.25, 0.3) is 0 Å². The van der Waals surface area contributed by atoms with Crippen LogP contribution < -0.4 is 10.0 Å². The van der Waals surface area contributed by atoms with E-state index < -0.39 is 37.7 Å². The molecule has 1 aromatic carbocycles. The number of halogens is 4. The van der Waals surface area contributed by atoms with Gasteiger partial charge in [-0.3, -0.25) is 0 Å². The van der Waals surface area contributed by atoms with Crippen molar-refractivity contribution in [2.75, 3.05) is 13.1 Å². The summed E-state index contributed by atoms with van der Waals surface area (Å²) in [7, 11) is -4.35. The van der Waals surface area contributed by atoms with Crippen molar-refractivity contribution in [2.24, 2.45) is 0 Å². The van der Waals surface area contributed by atoms with Gasteiger partial charge in [0.05, 0.1) is 10.6 Å². The molecule has 0 amide bonds. The lowest BCUT2D eigenvalue weighted by molar-refractivity contribution is -0.139. The lowest BCUT2D eigenvalue weighted by atomic mass is 10.1. The zero-order chi connectivity index (χ0) is 15.7. The molecule has 0 radical (unpaired) electrons. The summed E-state index contributed by atoms with van der Waals surface area (Å²) in [5, 5.41) is 2.54. The summed E-state index contributed by atoms with van der Waals surface area (Å²) in [6.45, 7) is 1.14. The fraction of sp³-hybridized carbons (Fsp3) is 0.500. The number of rotatable bonds is 3. The molecule has 1 saturated heterocycles. The molecule has 2 rings (SSSR count). The molecule has 1 aliphatic rings.